The van der Waals surface area contributed by atoms with E-state index in [0.29, 0.717) is 12.2 Å². The first-order valence-electron chi connectivity index (χ1n) is 7.59. The molecule has 0 aliphatic heterocycles. The molecule has 6 heteroatoms. The van der Waals surface area contributed by atoms with E-state index in [0.717, 1.165) is 6.26 Å². The summed E-state index contributed by atoms with van der Waals surface area (Å²) in [6.45, 7) is 2.93. The van der Waals surface area contributed by atoms with E-state index >= 15 is 0 Å². The lowest BCUT2D eigenvalue weighted by Gasteiger charge is -2.17. The zero-order chi connectivity index (χ0) is 17.7. The fraction of sp³-hybridized carbons (Fsp3) is 0.278. The number of aryl methyl sites for hydroxylation is 1. The van der Waals surface area contributed by atoms with Crippen LogP contribution in [0.2, 0.25) is 0 Å². The molecule has 1 N–H and O–H groups in total. The molecule has 2 rings (SSSR count). The van der Waals surface area contributed by atoms with Crippen molar-refractivity contribution in [1.29, 1.82) is 0 Å². The van der Waals surface area contributed by atoms with Gasteiger partial charge in [0.15, 0.2) is 9.84 Å². The maximum absolute atomic E-state index is 12.2. The Morgan fingerprint density at radius 1 is 1.12 bits per heavy atom. The number of anilines is 1. The van der Waals surface area contributed by atoms with Crippen LogP contribution in [0.3, 0.4) is 0 Å². The number of rotatable bonds is 6. The average molecular weight is 346 g/mol. The Morgan fingerprint density at radius 3 is 2.50 bits per heavy atom. The first-order valence-corrected chi connectivity index (χ1v) is 9.48. The number of hydrogen-bond donors (Lipinski definition) is 1. The van der Waals surface area contributed by atoms with Gasteiger partial charge in [0.2, 0.25) is 5.91 Å². The molecule has 0 aliphatic carbocycles. The summed E-state index contributed by atoms with van der Waals surface area (Å²) in [6.07, 6.45) is 1.14. The van der Waals surface area contributed by atoms with Gasteiger partial charge in [0.1, 0.15) is 0 Å². The van der Waals surface area contributed by atoms with E-state index in [-0.39, 0.29) is 17.3 Å². The Morgan fingerprint density at radius 2 is 1.83 bits per heavy atom. The molecule has 0 spiro atoms. The number of amides is 1. The van der Waals surface area contributed by atoms with Gasteiger partial charge in [-0.15, -0.1) is 0 Å². The molecule has 0 aromatic heterocycles. The van der Waals surface area contributed by atoms with Gasteiger partial charge in [-0.2, -0.15) is 0 Å². The van der Waals surface area contributed by atoms with Crippen LogP contribution in [0.5, 0.6) is 0 Å². The van der Waals surface area contributed by atoms with E-state index in [4.69, 9.17) is 0 Å². The first kappa shape index (κ1) is 18.2. The zero-order valence-corrected chi connectivity index (χ0v) is 14.9. The van der Waals surface area contributed by atoms with Gasteiger partial charge in [-0.1, -0.05) is 30.3 Å². The zero-order valence-electron chi connectivity index (χ0n) is 14.1. The lowest BCUT2D eigenvalue weighted by Crippen LogP contribution is -2.30. The van der Waals surface area contributed by atoms with Crippen LogP contribution in [0.4, 0.5) is 5.69 Å². The van der Waals surface area contributed by atoms with Gasteiger partial charge < -0.3 is 5.32 Å². The van der Waals surface area contributed by atoms with Crippen LogP contribution in [0.15, 0.2) is 53.4 Å². The van der Waals surface area contributed by atoms with Gasteiger partial charge in [-0.25, -0.2) is 8.42 Å². The number of carbonyl (C=O) groups excluding carboxylic acids is 1. The molecule has 0 saturated carbocycles. The highest BCUT2D eigenvalue weighted by Gasteiger charge is 2.11. The fourth-order valence-electron chi connectivity index (χ4n) is 2.38. The van der Waals surface area contributed by atoms with Gasteiger partial charge in [-0.05, 0) is 43.3 Å². The van der Waals surface area contributed by atoms with Crippen LogP contribution in [-0.2, 0) is 21.2 Å². The lowest BCUT2D eigenvalue weighted by atomic mass is 10.1. The molecule has 2 aromatic rings. The molecule has 0 aliphatic rings. The molecule has 24 heavy (non-hydrogen) atoms. The normalized spacial score (nSPS) is 11.5. The van der Waals surface area contributed by atoms with Crippen molar-refractivity contribution >= 4 is 21.4 Å². The van der Waals surface area contributed by atoms with Crippen molar-refractivity contribution in [2.75, 3.05) is 25.2 Å². The summed E-state index contributed by atoms with van der Waals surface area (Å²) in [6, 6.07) is 14.3. The predicted molar refractivity (Wildman–Crippen MR) is 95.7 cm³/mol. The number of nitrogens with one attached hydrogen (secondary N) is 1. The third-order valence-corrected chi connectivity index (χ3v) is 4.77. The number of likely N-dealkylation sites (N-methyl/N-ethyl adjacent to an activating group) is 1. The maximum Gasteiger partial charge on any atom is 0.238 e. The van der Waals surface area contributed by atoms with Crippen LogP contribution in [0.25, 0.3) is 0 Å². The highest BCUT2D eigenvalue weighted by molar-refractivity contribution is 7.90. The lowest BCUT2D eigenvalue weighted by molar-refractivity contribution is -0.117. The summed E-state index contributed by atoms with van der Waals surface area (Å²) in [5.41, 5.74) is 2.84. The SMILES string of the molecule is Cc1ccccc1CN(C)CC(=O)Nc1cccc(S(C)(=O)=O)c1. The van der Waals surface area contributed by atoms with Crippen LogP contribution < -0.4 is 5.32 Å². The quantitative estimate of drug-likeness (QED) is 0.872. The molecule has 0 heterocycles. The minimum absolute atomic E-state index is 0.184. The van der Waals surface area contributed by atoms with Crippen molar-refractivity contribution in [2.24, 2.45) is 0 Å². The minimum Gasteiger partial charge on any atom is -0.325 e. The summed E-state index contributed by atoms with van der Waals surface area (Å²) >= 11 is 0. The summed E-state index contributed by atoms with van der Waals surface area (Å²) in [7, 11) is -1.42. The molecule has 5 nitrogen and oxygen atoms in total. The van der Waals surface area contributed by atoms with Crippen LogP contribution >= 0.6 is 0 Å². The Kier molecular flexibility index (Phi) is 5.75. The van der Waals surface area contributed by atoms with Crippen LogP contribution in [0.1, 0.15) is 11.1 Å². The molecule has 1 amide bonds. The molecular weight excluding hydrogens is 324 g/mol. The fourth-order valence-corrected chi connectivity index (χ4v) is 3.05. The smallest absolute Gasteiger partial charge is 0.238 e. The standard InChI is InChI=1S/C18H22N2O3S/c1-14-7-4-5-8-15(14)12-20(2)13-18(21)19-16-9-6-10-17(11-16)24(3,22)23/h4-11H,12-13H2,1-3H3,(H,19,21). The maximum atomic E-state index is 12.2. The molecule has 0 unspecified atom stereocenters. The van der Waals surface area contributed by atoms with Gasteiger partial charge in [0.05, 0.1) is 11.4 Å². The van der Waals surface area contributed by atoms with Crippen LogP contribution in [-0.4, -0.2) is 39.1 Å². The monoisotopic (exact) mass is 346 g/mol. The number of benzene rings is 2. The Labute approximate surface area is 143 Å². The molecular formula is C18H22N2O3S. The van der Waals surface area contributed by atoms with Crippen molar-refractivity contribution in [1.82, 2.24) is 4.90 Å². The van der Waals surface area contributed by atoms with Gasteiger partial charge in [-0.3, -0.25) is 9.69 Å². The van der Waals surface area contributed by atoms with E-state index in [1.54, 1.807) is 12.1 Å². The Bertz CT molecular complexity index is 832. The van der Waals surface area contributed by atoms with Crippen LogP contribution in [0, 0.1) is 6.92 Å². The van der Waals surface area contributed by atoms with Gasteiger partial charge in [0, 0.05) is 18.5 Å². The largest absolute Gasteiger partial charge is 0.325 e. The van der Waals surface area contributed by atoms with Gasteiger partial charge >= 0.3 is 0 Å². The summed E-state index contributed by atoms with van der Waals surface area (Å²) < 4.78 is 23.1. The Hall–Kier alpha value is -2.18. The molecule has 0 fully saturated rings. The Balaban J connectivity index is 1.97. The van der Waals surface area contributed by atoms with E-state index in [1.165, 1.54) is 23.3 Å². The molecule has 0 radical (unpaired) electrons. The van der Waals surface area contributed by atoms with E-state index < -0.39 is 9.84 Å². The molecule has 0 atom stereocenters. The van der Waals surface area contributed by atoms with Crippen molar-refractivity contribution in [3.8, 4) is 0 Å². The summed E-state index contributed by atoms with van der Waals surface area (Å²) in [4.78, 5) is 14.3. The highest BCUT2D eigenvalue weighted by Crippen LogP contribution is 2.15. The molecule has 2 aromatic carbocycles. The molecule has 0 saturated heterocycles. The van der Waals surface area contributed by atoms with E-state index in [2.05, 4.69) is 5.32 Å². The van der Waals surface area contributed by atoms with Gasteiger partial charge in [0.25, 0.3) is 0 Å². The highest BCUT2D eigenvalue weighted by atomic mass is 32.2. The molecule has 128 valence electrons. The number of carbonyl (C=O) groups is 1. The number of hydrogen-bond acceptors (Lipinski definition) is 4. The number of nitrogens with zero attached hydrogens (tertiary/aromatic N) is 1. The second-order valence-corrected chi connectivity index (χ2v) is 7.96. The first-order chi connectivity index (χ1) is 11.3. The second kappa shape index (κ2) is 7.59. The topological polar surface area (TPSA) is 66.5 Å². The van der Waals surface area contributed by atoms with Crippen molar-refractivity contribution in [3.05, 3.63) is 59.7 Å². The van der Waals surface area contributed by atoms with Crippen molar-refractivity contribution in [3.63, 3.8) is 0 Å². The third-order valence-electron chi connectivity index (χ3n) is 3.66. The predicted octanol–water partition coefficient (Wildman–Crippen LogP) is 2.47. The van der Waals surface area contributed by atoms with Crippen molar-refractivity contribution in [2.45, 2.75) is 18.4 Å². The average Bonchev–Trinajstić information content (AvgIpc) is 2.49. The summed E-state index contributed by atoms with van der Waals surface area (Å²) in [5, 5.41) is 2.74. The van der Waals surface area contributed by atoms with E-state index in [9.17, 15) is 13.2 Å². The third kappa shape index (κ3) is 5.18. The minimum atomic E-state index is -3.29. The van der Waals surface area contributed by atoms with Crippen molar-refractivity contribution < 1.29 is 13.2 Å². The summed E-state index contributed by atoms with van der Waals surface area (Å²) in [5.74, 6) is -0.184. The molecule has 0 bridgehead atoms. The second-order valence-electron chi connectivity index (χ2n) is 5.95. The van der Waals surface area contributed by atoms with E-state index in [1.807, 2.05) is 43.1 Å². The number of sulfone groups is 1.